The fourth-order valence-corrected chi connectivity index (χ4v) is 2.49. The quantitative estimate of drug-likeness (QED) is 0.848. The molecule has 0 bridgehead atoms. The Hall–Kier alpha value is -1.39. The van der Waals surface area contributed by atoms with Gasteiger partial charge in [0, 0.05) is 31.7 Å². The molecule has 2 unspecified atom stereocenters. The highest BCUT2D eigenvalue weighted by Crippen LogP contribution is 2.21. The minimum absolute atomic E-state index is 0.0578. The van der Waals surface area contributed by atoms with Crippen molar-refractivity contribution in [3.05, 3.63) is 35.9 Å². The van der Waals surface area contributed by atoms with Gasteiger partial charge in [-0.25, -0.2) is 0 Å². The first-order valence-electron chi connectivity index (χ1n) is 6.41. The molecule has 1 aliphatic heterocycles. The topological polar surface area (TPSA) is 52.6 Å². The minimum atomic E-state index is -0.735. The van der Waals surface area contributed by atoms with E-state index in [0.29, 0.717) is 6.04 Å². The fourth-order valence-electron chi connectivity index (χ4n) is 2.49. The van der Waals surface area contributed by atoms with Gasteiger partial charge >= 0.3 is 5.97 Å². The van der Waals surface area contributed by atoms with Gasteiger partial charge in [-0.15, -0.1) is 0 Å². The lowest BCUT2D eigenvalue weighted by molar-refractivity contribution is -0.137. The first-order chi connectivity index (χ1) is 8.66. The van der Waals surface area contributed by atoms with E-state index in [-0.39, 0.29) is 12.5 Å². The van der Waals surface area contributed by atoms with Gasteiger partial charge in [0.05, 0.1) is 6.42 Å². The predicted molar refractivity (Wildman–Crippen MR) is 70.5 cm³/mol. The standard InChI is InChI=1S/C14H20N2O2/c1-11(12-5-3-2-4-6-12)16-8-7-15-13(10-16)9-14(17)18/h2-6,11,13,15H,7-10H2,1H3,(H,17,18). The van der Waals surface area contributed by atoms with Crippen molar-refractivity contribution in [1.29, 1.82) is 0 Å². The average Bonchev–Trinajstić information content (AvgIpc) is 2.38. The molecule has 1 aromatic carbocycles. The molecule has 0 amide bonds. The molecule has 98 valence electrons. The first-order valence-corrected chi connectivity index (χ1v) is 6.41. The summed E-state index contributed by atoms with van der Waals surface area (Å²) < 4.78 is 0. The van der Waals surface area contributed by atoms with Gasteiger partial charge in [-0.3, -0.25) is 9.69 Å². The van der Waals surface area contributed by atoms with Crippen molar-refractivity contribution in [1.82, 2.24) is 10.2 Å². The second-order valence-electron chi connectivity index (χ2n) is 4.83. The van der Waals surface area contributed by atoms with Crippen LogP contribution in [-0.4, -0.2) is 41.7 Å². The number of carboxylic acids is 1. The van der Waals surface area contributed by atoms with Crippen molar-refractivity contribution < 1.29 is 9.90 Å². The van der Waals surface area contributed by atoms with Crippen LogP contribution < -0.4 is 5.32 Å². The van der Waals surface area contributed by atoms with E-state index in [4.69, 9.17) is 5.11 Å². The minimum Gasteiger partial charge on any atom is -0.481 e. The molecular weight excluding hydrogens is 228 g/mol. The molecule has 1 saturated heterocycles. The summed E-state index contributed by atoms with van der Waals surface area (Å²) >= 11 is 0. The van der Waals surface area contributed by atoms with E-state index in [0.717, 1.165) is 19.6 Å². The molecule has 0 spiro atoms. The summed E-state index contributed by atoms with van der Waals surface area (Å²) in [5, 5.41) is 12.1. The summed E-state index contributed by atoms with van der Waals surface area (Å²) in [6.45, 7) is 4.79. The van der Waals surface area contributed by atoms with Crippen LogP contribution in [0.4, 0.5) is 0 Å². The van der Waals surface area contributed by atoms with Gasteiger partial charge in [0.1, 0.15) is 0 Å². The van der Waals surface area contributed by atoms with E-state index in [1.165, 1.54) is 5.56 Å². The monoisotopic (exact) mass is 248 g/mol. The number of hydrogen-bond donors (Lipinski definition) is 2. The van der Waals surface area contributed by atoms with Gasteiger partial charge in [-0.2, -0.15) is 0 Å². The summed E-state index contributed by atoms with van der Waals surface area (Å²) in [6, 6.07) is 10.7. The molecule has 2 atom stereocenters. The van der Waals surface area contributed by atoms with Crippen molar-refractivity contribution in [2.75, 3.05) is 19.6 Å². The molecule has 1 heterocycles. The van der Waals surface area contributed by atoms with Crippen molar-refractivity contribution in [2.45, 2.75) is 25.4 Å². The Morgan fingerprint density at radius 1 is 1.50 bits per heavy atom. The SMILES string of the molecule is CC(c1ccccc1)N1CCNC(CC(=O)O)C1. The Balaban J connectivity index is 1.98. The molecule has 1 aliphatic rings. The van der Waals surface area contributed by atoms with E-state index >= 15 is 0 Å². The lowest BCUT2D eigenvalue weighted by Gasteiger charge is -2.37. The maximum absolute atomic E-state index is 10.8. The van der Waals surface area contributed by atoms with Crippen LogP contribution >= 0.6 is 0 Å². The molecule has 2 N–H and O–H groups in total. The van der Waals surface area contributed by atoms with Gasteiger partial charge in [0.2, 0.25) is 0 Å². The number of benzene rings is 1. The van der Waals surface area contributed by atoms with Crippen LogP contribution in [-0.2, 0) is 4.79 Å². The van der Waals surface area contributed by atoms with E-state index in [1.54, 1.807) is 0 Å². The first kappa shape index (κ1) is 13.1. The Bertz CT molecular complexity index is 394. The van der Waals surface area contributed by atoms with Crippen LogP contribution in [0.1, 0.15) is 24.9 Å². The molecule has 0 radical (unpaired) electrons. The summed E-state index contributed by atoms with van der Waals surface area (Å²) in [5.74, 6) is -0.735. The molecule has 4 nitrogen and oxygen atoms in total. The third kappa shape index (κ3) is 3.31. The molecular formula is C14H20N2O2. The number of carbonyl (C=O) groups is 1. The Morgan fingerprint density at radius 2 is 2.22 bits per heavy atom. The molecule has 0 aliphatic carbocycles. The number of hydrogen-bond acceptors (Lipinski definition) is 3. The second kappa shape index (κ2) is 5.98. The lowest BCUT2D eigenvalue weighted by Crippen LogP contribution is -2.51. The summed E-state index contributed by atoms with van der Waals surface area (Å²) in [4.78, 5) is 13.1. The van der Waals surface area contributed by atoms with E-state index < -0.39 is 5.97 Å². The van der Waals surface area contributed by atoms with Crippen LogP contribution in [0, 0.1) is 0 Å². The van der Waals surface area contributed by atoms with Crippen LogP contribution in [0.15, 0.2) is 30.3 Å². The Kier molecular flexibility index (Phi) is 4.33. The highest BCUT2D eigenvalue weighted by molar-refractivity contribution is 5.67. The zero-order valence-electron chi connectivity index (χ0n) is 10.7. The van der Waals surface area contributed by atoms with Crippen LogP contribution in [0.25, 0.3) is 0 Å². The highest BCUT2D eigenvalue weighted by atomic mass is 16.4. The van der Waals surface area contributed by atoms with Crippen LogP contribution in [0.3, 0.4) is 0 Å². The average molecular weight is 248 g/mol. The molecule has 2 rings (SSSR count). The molecule has 1 aromatic rings. The number of rotatable bonds is 4. The van der Waals surface area contributed by atoms with Gasteiger partial charge in [-0.1, -0.05) is 30.3 Å². The largest absolute Gasteiger partial charge is 0.481 e. The Morgan fingerprint density at radius 3 is 2.89 bits per heavy atom. The molecule has 0 saturated carbocycles. The molecule has 0 aromatic heterocycles. The third-order valence-corrected chi connectivity index (χ3v) is 3.54. The van der Waals surface area contributed by atoms with Crippen molar-refractivity contribution >= 4 is 5.97 Å². The zero-order valence-corrected chi connectivity index (χ0v) is 10.7. The van der Waals surface area contributed by atoms with Crippen LogP contribution in [0.5, 0.6) is 0 Å². The van der Waals surface area contributed by atoms with Gasteiger partial charge in [0.15, 0.2) is 0 Å². The number of carboxylic acid groups (broad SMARTS) is 1. The number of nitrogens with zero attached hydrogens (tertiary/aromatic N) is 1. The zero-order chi connectivity index (χ0) is 13.0. The van der Waals surface area contributed by atoms with Gasteiger partial charge in [-0.05, 0) is 12.5 Å². The number of nitrogens with one attached hydrogen (secondary N) is 1. The van der Waals surface area contributed by atoms with Crippen molar-refractivity contribution in [3.8, 4) is 0 Å². The molecule has 4 heteroatoms. The maximum Gasteiger partial charge on any atom is 0.304 e. The van der Waals surface area contributed by atoms with E-state index in [9.17, 15) is 4.79 Å². The number of piperazine rings is 1. The van der Waals surface area contributed by atoms with Gasteiger partial charge < -0.3 is 10.4 Å². The van der Waals surface area contributed by atoms with Crippen LogP contribution in [0.2, 0.25) is 0 Å². The van der Waals surface area contributed by atoms with E-state index in [2.05, 4.69) is 29.3 Å². The molecule has 18 heavy (non-hydrogen) atoms. The lowest BCUT2D eigenvalue weighted by atomic mass is 10.0. The summed E-state index contributed by atoms with van der Waals surface area (Å²) in [7, 11) is 0. The normalized spacial score (nSPS) is 22.6. The van der Waals surface area contributed by atoms with Gasteiger partial charge in [0.25, 0.3) is 0 Å². The highest BCUT2D eigenvalue weighted by Gasteiger charge is 2.25. The predicted octanol–water partition coefficient (Wildman–Crippen LogP) is 1.50. The smallest absolute Gasteiger partial charge is 0.304 e. The summed E-state index contributed by atoms with van der Waals surface area (Å²) in [6.07, 6.45) is 0.192. The fraction of sp³-hybridized carbons (Fsp3) is 0.500. The third-order valence-electron chi connectivity index (χ3n) is 3.54. The number of aliphatic carboxylic acids is 1. The maximum atomic E-state index is 10.8. The van der Waals surface area contributed by atoms with Crippen molar-refractivity contribution in [2.24, 2.45) is 0 Å². The molecule has 1 fully saturated rings. The van der Waals surface area contributed by atoms with Crippen molar-refractivity contribution in [3.63, 3.8) is 0 Å². The Labute approximate surface area is 108 Å². The summed E-state index contributed by atoms with van der Waals surface area (Å²) in [5.41, 5.74) is 1.29. The van der Waals surface area contributed by atoms with E-state index in [1.807, 2.05) is 18.2 Å². The second-order valence-corrected chi connectivity index (χ2v) is 4.83.